The molecule has 39 heavy (non-hydrogen) atoms. The highest BCUT2D eigenvalue weighted by Gasteiger charge is 2.39. The van der Waals surface area contributed by atoms with Gasteiger partial charge in [-0.2, -0.15) is 13.2 Å². The number of benzene rings is 3. The first kappa shape index (κ1) is 28.7. The largest absolute Gasteiger partial charge is 0.482 e. The molecule has 1 unspecified atom stereocenters. The summed E-state index contributed by atoms with van der Waals surface area (Å²) in [7, 11) is 0. The van der Waals surface area contributed by atoms with Crippen LogP contribution in [0.1, 0.15) is 47.0 Å². The minimum Gasteiger partial charge on any atom is -0.482 e. The second-order valence-corrected chi connectivity index (χ2v) is 11.5. The fourth-order valence-electron chi connectivity index (χ4n) is 4.49. The maximum absolute atomic E-state index is 13.1. The number of halogens is 3. The number of rotatable bonds is 10. The SMILES string of the molecule is CCCC(Sc1ccc(OCC(=O)O)c(C)c1)(c1ccccc1)c1sc(-c2ccc(C(F)(F)F)cc2)nc1C. The Morgan fingerprint density at radius 1 is 1.00 bits per heavy atom. The molecule has 1 heterocycles. The van der Waals surface area contributed by atoms with Crippen molar-refractivity contribution in [2.24, 2.45) is 0 Å². The predicted molar refractivity (Wildman–Crippen MR) is 150 cm³/mol. The standard InChI is InChI=1S/C30H28F3NO3S2/c1-4-16-29(22-8-6-5-7-9-22,39-24-14-15-25(19(2)17-24)37-18-26(35)36)27-20(3)34-28(38-27)21-10-12-23(13-11-21)30(31,32)33/h5-15,17H,4,16,18H2,1-3H3,(H,35,36). The van der Waals surface area contributed by atoms with E-state index in [-0.39, 0.29) is 0 Å². The Labute approximate surface area is 233 Å². The van der Waals surface area contributed by atoms with Gasteiger partial charge in [0.25, 0.3) is 0 Å². The second-order valence-electron chi connectivity index (χ2n) is 9.16. The first-order valence-corrected chi connectivity index (χ1v) is 14.0. The number of ether oxygens (including phenoxy) is 1. The van der Waals surface area contributed by atoms with Gasteiger partial charge in [0, 0.05) is 15.3 Å². The van der Waals surface area contributed by atoms with Gasteiger partial charge in [-0.25, -0.2) is 9.78 Å². The molecule has 0 saturated carbocycles. The predicted octanol–water partition coefficient (Wildman–Crippen LogP) is 8.75. The van der Waals surface area contributed by atoms with E-state index >= 15 is 0 Å². The average molecular weight is 572 g/mol. The van der Waals surface area contributed by atoms with E-state index in [0.29, 0.717) is 16.3 Å². The topological polar surface area (TPSA) is 59.4 Å². The Hall–Kier alpha value is -3.30. The van der Waals surface area contributed by atoms with E-state index in [1.165, 1.54) is 23.5 Å². The van der Waals surface area contributed by atoms with E-state index in [9.17, 15) is 18.0 Å². The van der Waals surface area contributed by atoms with Crippen LogP contribution in [0.15, 0.2) is 77.7 Å². The van der Waals surface area contributed by atoms with Crippen LogP contribution in [-0.4, -0.2) is 22.7 Å². The molecule has 4 aromatic rings. The highest BCUT2D eigenvalue weighted by molar-refractivity contribution is 8.00. The fraction of sp³-hybridized carbons (Fsp3) is 0.267. The molecule has 1 N–H and O–H groups in total. The molecule has 0 aliphatic carbocycles. The van der Waals surface area contributed by atoms with Crippen molar-refractivity contribution < 1.29 is 27.8 Å². The molecule has 0 aliphatic heterocycles. The number of carbonyl (C=O) groups is 1. The Morgan fingerprint density at radius 3 is 2.28 bits per heavy atom. The van der Waals surface area contributed by atoms with Crippen LogP contribution in [0.3, 0.4) is 0 Å². The first-order valence-electron chi connectivity index (χ1n) is 12.4. The number of carboxylic acid groups (broad SMARTS) is 1. The molecule has 0 bridgehead atoms. The number of aliphatic carboxylic acids is 1. The molecule has 0 spiro atoms. The lowest BCUT2D eigenvalue weighted by atomic mass is 9.91. The number of alkyl halides is 3. The number of carboxylic acids is 1. The number of thiazole rings is 1. The van der Waals surface area contributed by atoms with Gasteiger partial charge in [0.05, 0.1) is 16.0 Å². The van der Waals surface area contributed by atoms with Crippen molar-refractivity contribution in [1.29, 1.82) is 0 Å². The summed E-state index contributed by atoms with van der Waals surface area (Å²) >= 11 is 3.19. The van der Waals surface area contributed by atoms with Crippen molar-refractivity contribution in [2.75, 3.05) is 6.61 Å². The summed E-state index contributed by atoms with van der Waals surface area (Å²) in [4.78, 5) is 17.8. The smallest absolute Gasteiger partial charge is 0.416 e. The van der Waals surface area contributed by atoms with E-state index in [1.54, 1.807) is 17.8 Å². The fourth-order valence-corrected chi connectivity index (χ4v) is 7.52. The molecule has 0 fully saturated rings. The van der Waals surface area contributed by atoms with Crippen molar-refractivity contribution in [3.05, 3.63) is 100 Å². The van der Waals surface area contributed by atoms with E-state index in [1.807, 2.05) is 44.2 Å². The molecule has 0 aliphatic rings. The zero-order chi connectivity index (χ0) is 28.2. The molecule has 1 aromatic heterocycles. The van der Waals surface area contributed by atoms with Crippen molar-refractivity contribution in [3.8, 4) is 16.3 Å². The maximum Gasteiger partial charge on any atom is 0.416 e. The van der Waals surface area contributed by atoms with Gasteiger partial charge in [0.15, 0.2) is 6.61 Å². The molecule has 1 atom stereocenters. The molecule has 4 rings (SSSR count). The lowest BCUT2D eigenvalue weighted by molar-refractivity contribution is -0.139. The Bertz CT molecular complexity index is 1440. The lowest BCUT2D eigenvalue weighted by Crippen LogP contribution is -2.23. The zero-order valence-corrected chi connectivity index (χ0v) is 23.3. The Balaban J connectivity index is 1.79. The van der Waals surface area contributed by atoms with Crippen LogP contribution in [0.25, 0.3) is 10.6 Å². The third-order valence-corrected chi connectivity index (χ3v) is 9.23. The number of hydrogen-bond donors (Lipinski definition) is 1. The summed E-state index contributed by atoms with van der Waals surface area (Å²) in [5, 5.41) is 9.63. The van der Waals surface area contributed by atoms with Gasteiger partial charge in [-0.15, -0.1) is 23.1 Å². The average Bonchev–Trinajstić information content (AvgIpc) is 3.30. The van der Waals surface area contributed by atoms with Crippen LogP contribution in [0.4, 0.5) is 13.2 Å². The molecule has 4 nitrogen and oxygen atoms in total. The lowest BCUT2D eigenvalue weighted by Gasteiger charge is -2.33. The zero-order valence-electron chi connectivity index (χ0n) is 21.7. The first-order chi connectivity index (χ1) is 18.5. The van der Waals surface area contributed by atoms with Crippen molar-refractivity contribution in [1.82, 2.24) is 4.98 Å². The number of hydrogen-bond acceptors (Lipinski definition) is 5. The number of nitrogens with zero attached hydrogens (tertiary/aromatic N) is 1. The Morgan fingerprint density at radius 2 is 1.69 bits per heavy atom. The monoisotopic (exact) mass is 571 g/mol. The summed E-state index contributed by atoms with van der Waals surface area (Å²) in [6.07, 6.45) is -2.71. The minimum absolute atomic E-state index is 0.413. The van der Waals surface area contributed by atoms with Gasteiger partial charge < -0.3 is 9.84 Å². The van der Waals surface area contributed by atoms with Crippen LogP contribution in [0.2, 0.25) is 0 Å². The molecule has 3 aromatic carbocycles. The Kier molecular flexibility index (Phi) is 8.71. The van der Waals surface area contributed by atoms with Crippen LogP contribution in [0.5, 0.6) is 5.75 Å². The van der Waals surface area contributed by atoms with E-state index in [4.69, 9.17) is 14.8 Å². The highest BCUT2D eigenvalue weighted by Crippen LogP contribution is 2.54. The van der Waals surface area contributed by atoms with E-state index in [2.05, 4.69) is 19.1 Å². The molecule has 0 radical (unpaired) electrons. The van der Waals surface area contributed by atoms with Gasteiger partial charge >= 0.3 is 12.1 Å². The molecule has 9 heteroatoms. The molecular weight excluding hydrogens is 543 g/mol. The van der Waals surface area contributed by atoms with Gasteiger partial charge in [0.2, 0.25) is 0 Å². The summed E-state index contributed by atoms with van der Waals surface area (Å²) in [6.45, 7) is 5.54. The molecular formula is C30H28F3NO3S2. The van der Waals surface area contributed by atoms with E-state index < -0.39 is 29.1 Å². The quantitative estimate of drug-likeness (QED) is 0.193. The molecule has 204 valence electrons. The highest BCUT2D eigenvalue weighted by atomic mass is 32.2. The third-order valence-electron chi connectivity index (χ3n) is 6.25. The minimum atomic E-state index is -4.39. The van der Waals surface area contributed by atoms with Crippen LogP contribution < -0.4 is 4.74 Å². The maximum atomic E-state index is 13.1. The summed E-state index contributed by atoms with van der Waals surface area (Å²) in [5.74, 6) is -0.524. The number of aromatic nitrogens is 1. The van der Waals surface area contributed by atoms with Crippen LogP contribution >= 0.6 is 23.1 Å². The molecule has 0 saturated heterocycles. The summed E-state index contributed by atoms with van der Waals surface area (Å²) in [6, 6.07) is 21.0. The third kappa shape index (κ3) is 6.47. The summed E-state index contributed by atoms with van der Waals surface area (Å²) in [5.41, 5.74) is 2.71. The molecule has 0 amide bonds. The summed E-state index contributed by atoms with van der Waals surface area (Å²) < 4.78 is 44.2. The van der Waals surface area contributed by atoms with Crippen molar-refractivity contribution in [3.63, 3.8) is 0 Å². The van der Waals surface area contributed by atoms with Crippen molar-refractivity contribution >= 4 is 29.1 Å². The number of thioether (sulfide) groups is 1. The number of aryl methyl sites for hydroxylation is 2. The normalized spacial score (nSPS) is 13.2. The van der Waals surface area contributed by atoms with Gasteiger partial charge in [-0.3, -0.25) is 0 Å². The second kappa shape index (κ2) is 11.8. The van der Waals surface area contributed by atoms with Crippen LogP contribution in [-0.2, 0) is 15.7 Å². The van der Waals surface area contributed by atoms with Crippen molar-refractivity contribution in [2.45, 2.75) is 49.4 Å². The van der Waals surface area contributed by atoms with Crippen LogP contribution in [0, 0.1) is 13.8 Å². The van der Waals surface area contributed by atoms with E-state index in [0.717, 1.165) is 51.6 Å². The van der Waals surface area contributed by atoms with Gasteiger partial charge in [-0.05, 0) is 61.7 Å². The van der Waals surface area contributed by atoms with Gasteiger partial charge in [-0.1, -0.05) is 55.8 Å². The van der Waals surface area contributed by atoms with Gasteiger partial charge in [0.1, 0.15) is 10.8 Å².